The molecule has 96 valence electrons. The maximum Gasteiger partial charge on any atom is 0.348 e. The fraction of sp³-hybridized carbons (Fsp3) is 0.417. The second-order valence-corrected chi connectivity index (χ2v) is 4.18. The SMILES string of the molecule is N/C(=N/C(=O)Nc1ccncc1)N1CCCCC1. The van der Waals surface area contributed by atoms with Crippen molar-refractivity contribution >= 4 is 17.7 Å². The summed E-state index contributed by atoms with van der Waals surface area (Å²) >= 11 is 0. The van der Waals surface area contributed by atoms with Crippen molar-refractivity contribution < 1.29 is 4.79 Å². The fourth-order valence-corrected chi connectivity index (χ4v) is 1.88. The minimum Gasteiger partial charge on any atom is -0.369 e. The molecule has 0 atom stereocenters. The number of anilines is 1. The van der Waals surface area contributed by atoms with E-state index in [1.807, 2.05) is 4.90 Å². The molecule has 0 aromatic carbocycles. The summed E-state index contributed by atoms with van der Waals surface area (Å²) in [5.41, 5.74) is 6.46. The molecular formula is C12H17N5O. The van der Waals surface area contributed by atoms with Gasteiger partial charge in [-0.1, -0.05) is 0 Å². The molecule has 6 heteroatoms. The van der Waals surface area contributed by atoms with E-state index in [0.717, 1.165) is 25.9 Å². The van der Waals surface area contributed by atoms with Crippen LogP contribution in [0.5, 0.6) is 0 Å². The number of hydrogen-bond donors (Lipinski definition) is 2. The number of aromatic nitrogens is 1. The number of aliphatic imine (C=N–C) groups is 1. The number of carbonyl (C=O) groups excluding carboxylic acids is 1. The van der Waals surface area contributed by atoms with Crippen LogP contribution in [-0.4, -0.2) is 35.0 Å². The average molecular weight is 247 g/mol. The first-order chi connectivity index (χ1) is 8.75. The first-order valence-electron chi connectivity index (χ1n) is 6.06. The Labute approximate surface area is 106 Å². The van der Waals surface area contributed by atoms with E-state index in [1.165, 1.54) is 6.42 Å². The third-order valence-corrected chi connectivity index (χ3v) is 2.83. The number of rotatable bonds is 1. The topological polar surface area (TPSA) is 83.6 Å². The van der Waals surface area contributed by atoms with Gasteiger partial charge >= 0.3 is 6.03 Å². The van der Waals surface area contributed by atoms with Gasteiger partial charge in [0.05, 0.1) is 0 Å². The number of amides is 2. The lowest BCUT2D eigenvalue weighted by molar-refractivity contribution is 0.258. The highest BCUT2D eigenvalue weighted by Gasteiger charge is 2.13. The molecule has 1 aliphatic heterocycles. The summed E-state index contributed by atoms with van der Waals surface area (Å²) in [6.07, 6.45) is 6.62. The van der Waals surface area contributed by atoms with Crippen molar-refractivity contribution in [2.75, 3.05) is 18.4 Å². The number of likely N-dealkylation sites (tertiary alicyclic amines) is 1. The van der Waals surface area contributed by atoms with Crippen molar-refractivity contribution in [2.24, 2.45) is 10.7 Å². The monoisotopic (exact) mass is 247 g/mol. The van der Waals surface area contributed by atoms with Crippen LogP contribution in [-0.2, 0) is 0 Å². The molecule has 2 heterocycles. The van der Waals surface area contributed by atoms with E-state index in [1.54, 1.807) is 24.5 Å². The van der Waals surface area contributed by atoms with E-state index in [9.17, 15) is 4.79 Å². The van der Waals surface area contributed by atoms with E-state index in [4.69, 9.17) is 5.73 Å². The third-order valence-electron chi connectivity index (χ3n) is 2.83. The Balaban J connectivity index is 1.93. The van der Waals surface area contributed by atoms with Crippen molar-refractivity contribution in [1.82, 2.24) is 9.88 Å². The van der Waals surface area contributed by atoms with Crippen LogP contribution in [0.1, 0.15) is 19.3 Å². The molecule has 0 radical (unpaired) electrons. The molecule has 2 amide bonds. The lowest BCUT2D eigenvalue weighted by Crippen LogP contribution is -2.41. The molecule has 1 aliphatic rings. The minimum atomic E-state index is -0.454. The standard InChI is InChI=1S/C12H17N5O/c13-11(17-8-2-1-3-9-17)16-12(18)15-10-4-6-14-7-5-10/h4-7H,1-3,8-9H2,(H3,13,14,15,16,18). The zero-order chi connectivity index (χ0) is 12.8. The van der Waals surface area contributed by atoms with Crippen molar-refractivity contribution in [1.29, 1.82) is 0 Å². The molecule has 1 fully saturated rings. The lowest BCUT2D eigenvalue weighted by Gasteiger charge is -2.27. The van der Waals surface area contributed by atoms with Gasteiger partial charge in [0.1, 0.15) is 0 Å². The van der Waals surface area contributed by atoms with Crippen molar-refractivity contribution in [3.8, 4) is 0 Å². The number of carbonyl (C=O) groups is 1. The number of nitrogens with two attached hydrogens (primary N) is 1. The van der Waals surface area contributed by atoms with Crippen LogP contribution in [0.15, 0.2) is 29.5 Å². The van der Waals surface area contributed by atoms with Gasteiger partial charge < -0.3 is 16.0 Å². The molecule has 0 saturated carbocycles. The summed E-state index contributed by atoms with van der Waals surface area (Å²) in [6.45, 7) is 1.75. The number of nitrogens with one attached hydrogen (secondary N) is 1. The first kappa shape index (κ1) is 12.3. The highest BCUT2D eigenvalue weighted by atomic mass is 16.2. The molecule has 1 saturated heterocycles. The van der Waals surface area contributed by atoms with Crippen molar-refractivity contribution in [3.05, 3.63) is 24.5 Å². The van der Waals surface area contributed by atoms with E-state index < -0.39 is 6.03 Å². The number of nitrogens with zero attached hydrogens (tertiary/aromatic N) is 3. The second kappa shape index (κ2) is 6.00. The van der Waals surface area contributed by atoms with Crippen LogP contribution in [0.4, 0.5) is 10.5 Å². The molecule has 0 aliphatic carbocycles. The Bertz CT molecular complexity index is 425. The van der Waals surface area contributed by atoms with Gasteiger partial charge in [0.15, 0.2) is 0 Å². The second-order valence-electron chi connectivity index (χ2n) is 4.18. The van der Waals surface area contributed by atoms with Gasteiger partial charge in [-0.15, -0.1) is 0 Å². The molecule has 0 unspecified atom stereocenters. The van der Waals surface area contributed by atoms with E-state index in [-0.39, 0.29) is 0 Å². The lowest BCUT2D eigenvalue weighted by atomic mass is 10.1. The van der Waals surface area contributed by atoms with Gasteiger partial charge in [-0.05, 0) is 31.4 Å². The Hall–Kier alpha value is -2.11. The van der Waals surface area contributed by atoms with Crippen molar-refractivity contribution in [3.63, 3.8) is 0 Å². The molecule has 0 spiro atoms. The number of hydrogen-bond acceptors (Lipinski definition) is 2. The molecular weight excluding hydrogens is 230 g/mol. The summed E-state index contributed by atoms with van der Waals surface area (Å²) < 4.78 is 0. The van der Waals surface area contributed by atoms with Gasteiger partial charge in [-0.2, -0.15) is 4.99 Å². The van der Waals surface area contributed by atoms with Crippen LogP contribution in [0.2, 0.25) is 0 Å². The summed E-state index contributed by atoms with van der Waals surface area (Å²) in [6, 6.07) is 2.94. The number of piperidine rings is 1. The van der Waals surface area contributed by atoms with Gasteiger partial charge in [0, 0.05) is 31.2 Å². The minimum absolute atomic E-state index is 0.293. The summed E-state index contributed by atoms with van der Waals surface area (Å²) in [5.74, 6) is 0.293. The normalized spacial score (nSPS) is 16.4. The third kappa shape index (κ3) is 3.44. The number of pyridine rings is 1. The largest absolute Gasteiger partial charge is 0.369 e. The van der Waals surface area contributed by atoms with Gasteiger partial charge in [-0.25, -0.2) is 4.79 Å². The van der Waals surface area contributed by atoms with Crippen molar-refractivity contribution in [2.45, 2.75) is 19.3 Å². The zero-order valence-electron chi connectivity index (χ0n) is 10.2. The van der Waals surface area contributed by atoms with Crippen LogP contribution in [0, 0.1) is 0 Å². The molecule has 3 N–H and O–H groups in total. The molecule has 18 heavy (non-hydrogen) atoms. The smallest absolute Gasteiger partial charge is 0.348 e. The summed E-state index contributed by atoms with van der Waals surface area (Å²) in [4.78, 5) is 21.3. The highest BCUT2D eigenvalue weighted by Crippen LogP contribution is 2.08. The van der Waals surface area contributed by atoms with Crippen LogP contribution >= 0.6 is 0 Å². The van der Waals surface area contributed by atoms with Gasteiger partial charge in [0.2, 0.25) is 5.96 Å². The quantitative estimate of drug-likeness (QED) is 0.580. The van der Waals surface area contributed by atoms with E-state index >= 15 is 0 Å². The Morgan fingerprint density at radius 1 is 1.28 bits per heavy atom. The Morgan fingerprint density at radius 3 is 2.61 bits per heavy atom. The average Bonchev–Trinajstić information content (AvgIpc) is 2.40. The maximum atomic E-state index is 11.6. The van der Waals surface area contributed by atoms with Crippen LogP contribution in [0.25, 0.3) is 0 Å². The molecule has 0 bridgehead atoms. The summed E-state index contributed by atoms with van der Waals surface area (Å²) in [5, 5.41) is 2.64. The summed E-state index contributed by atoms with van der Waals surface area (Å²) in [7, 11) is 0. The molecule has 6 nitrogen and oxygen atoms in total. The van der Waals surface area contributed by atoms with Gasteiger partial charge in [-0.3, -0.25) is 4.98 Å². The predicted octanol–water partition coefficient (Wildman–Crippen LogP) is 1.41. The van der Waals surface area contributed by atoms with E-state index in [2.05, 4.69) is 15.3 Å². The Morgan fingerprint density at radius 2 is 1.94 bits per heavy atom. The van der Waals surface area contributed by atoms with Crippen LogP contribution in [0.3, 0.4) is 0 Å². The van der Waals surface area contributed by atoms with Crippen LogP contribution < -0.4 is 11.1 Å². The molecule has 1 aromatic heterocycles. The number of urea groups is 1. The first-order valence-corrected chi connectivity index (χ1v) is 6.06. The fourth-order valence-electron chi connectivity index (χ4n) is 1.88. The Kier molecular flexibility index (Phi) is 4.11. The van der Waals surface area contributed by atoms with Gasteiger partial charge in [0.25, 0.3) is 0 Å². The highest BCUT2D eigenvalue weighted by molar-refractivity contribution is 5.98. The maximum absolute atomic E-state index is 11.6. The predicted molar refractivity (Wildman–Crippen MR) is 70.3 cm³/mol. The molecule has 2 rings (SSSR count). The molecule has 1 aromatic rings. The zero-order valence-corrected chi connectivity index (χ0v) is 10.2. The van der Waals surface area contributed by atoms with E-state index in [0.29, 0.717) is 11.6 Å². The number of guanidine groups is 1.